The smallest absolute Gasteiger partial charge is 0.166 e. The third-order valence-electron chi connectivity index (χ3n) is 3.29. The molecule has 2 rings (SSSR count). The number of hydrogen-bond acceptors (Lipinski definition) is 2. The van der Waals surface area contributed by atoms with Crippen LogP contribution in [0.4, 0.5) is 8.78 Å². The lowest BCUT2D eigenvalue weighted by Crippen LogP contribution is -2.31. The highest BCUT2D eigenvalue weighted by molar-refractivity contribution is 5.97. The van der Waals surface area contributed by atoms with Gasteiger partial charge in [-0.05, 0) is 37.5 Å². The molecule has 4 heteroatoms. The minimum atomic E-state index is -0.976. The van der Waals surface area contributed by atoms with E-state index in [1.54, 1.807) is 0 Å². The summed E-state index contributed by atoms with van der Waals surface area (Å²) in [5.41, 5.74) is 6.05. The highest BCUT2D eigenvalue weighted by atomic mass is 19.2. The Bertz CT molecular complexity index is 433. The molecule has 0 aliphatic heterocycles. The summed E-state index contributed by atoms with van der Waals surface area (Å²) in [5.74, 6) is -2.18. The molecule has 2 nitrogen and oxygen atoms in total. The molecule has 2 N–H and O–H groups in total. The average Bonchev–Trinajstić information content (AvgIpc) is 2.32. The molecular formula is C13H15F2NO. The van der Waals surface area contributed by atoms with Gasteiger partial charge < -0.3 is 5.73 Å². The van der Waals surface area contributed by atoms with Crippen molar-refractivity contribution in [2.24, 2.45) is 11.7 Å². The minimum Gasteiger partial charge on any atom is -0.328 e. The first-order valence-corrected chi connectivity index (χ1v) is 5.83. The van der Waals surface area contributed by atoms with Crippen molar-refractivity contribution in [3.8, 4) is 0 Å². The molecular weight excluding hydrogens is 224 g/mol. The second-order valence-electron chi connectivity index (χ2n) is 4.62. The molecule has 1 aromatic carbocycles. The van der Waals surface area contributed by atoms with Crippen LogP contribution < -0.4 is 5.73 Å². The van der Waals surface area contributed by atoms with Gasteiger partial charge in [0, 0.05) is 17.5 Å². The van der Waals surface area contributed by atoms with E-state index in [0.717, 1.165) is 31.4 Å². The topological polar surface area (TPSA) is 43.1 Å². The first kappa shape index (κ1) is 12.2. The summed E-state index contributed by atoms with van der Waals surface area (Å²) < 4.78 is 25.8. The van der Waals surface area contributed by atoms with E-state index in [0.29, 0.717) is 6.42 Å². The van der Waals surface area contributed by atoms with Crippen LogP contribution in [0.2, 0.25) is 0 Å². The monoisotopic (exact) mass is 239 g/mol. The second-order valence-corrected chi connectivity index (χ2v) is 4.62. The predicted molar refractivity (Wildman–Crippen MR) is 60.6 cm³/mol. The number of Topliss-reactive ketones (excluding diaryl/α,β-unsaturated/α-hetero) is 1. The van der Waals surface area contributed by atoms with Gasteiger partial charge in [0.2, 0.25) is 0 Å². The van der Waals surface area contributed by atoms with Gasteiger partial charge in [0.15, 0.2) is 17.4 Å². The van der Waals surface area contributed by atoms with Crippen LogP contribution in [0, 0.1) is 17.6 Å². The van der Waals surface area contributed by atoms with Crippen LogP contribution in [0.3, 0.4) is 0 Å². The quantitative estimate of drug-likeness (QED) is 0.806. The molecule has 92 valence electrons. The molecule has 17 heavy (non-hydrogen) atoms. The third-order valence-corrected chi connectivity index (χ3v) is 3.29. The Hall–Kier alpha value is -1.29. The van der Waals surface area contributed by atoms with Gasteiger partial charge in [0.05, 0.1) is 0 Å². The number of rotatable bonds is 2. The van der Waals surface area contributed by atoms with E-state index in [1.807, 2.05) is 0 Å². The molecule has 0 heterocycles. The molecule has 2 atom stereocenters. The number of benzene rings is 1. The van der Waals surface area contributed by atoms with Gasteiger partial charge in [0.25, 0.3) is 0 Å². The summed E-state index contributed by atoms with van der Waals surface area (Å²) >= 11 is 0. The fourth-order valence-electron chi connectivity index (χ4n) is 2.35. The Morgan fingerprint density at radius 2 is 2.00 bits per heavy atom. The Balaban J connectivity index is 2.15. The van der Waals surface area contributed by atoms with Gasteiger partial charge >= 0.3 is 0 Å². The number of hydrogen-bond donors (Lipinski definition) is 1. The second kappa shape index (κ2) is 4.92. The van der Waals surface area contributed by atoms with Crippen molar-refractivity contribution in [2.45, 2.75) is 31.7 Å². The SMILES string of the molecule is NC1CCCC(C(=O)c2ccc(F)c(F)c2)C1. The summed E-state index contributed by atoms with van der Waals surface area (Å²) in [6.45, 7) is 0. The van der Waals surface area contributed by atoms with Gasteiger partial charge in [0.1, 0.15) is 0 Å². The molecule has 0 radical (unpaired) electrons. The zero-order chi connectivity index (χ0) is 12.4. The zero-order valence-corrected chi connectivity index (χ0v) is 9.46. The van der Waals surface area contributed by atoms with Crippen molar-refractivity contribution in [1.29, 1.82) is 0 Å². The number of halogens is 2. The van der Waals surface area contributed by atoms with Gasteiger partial charge in [-0.2, -0.15) is 0 Å². The molecule has 0 amide bonds. The molecule has 1 fully saturated rings. The maximum atomic E-state index is 13.0. The lowest BCUT2D eigenvalue weighted by atomic mass is 9.81. The summed E-state index contributed by atoms with van der Waals surface area (Å²) in [4.78, 5) is 12.1. The van der Waals surface area contributed by atoms with Gasteiger partial charge in [-0.25, -0.2) is 8.78 Å². The average molecular weight is 239 g/mol. The Labute approximate surface area is 98.8 Å². The van der Waals surface area contributed by atoms with Crippen LogP contribution in [0.15, 0.2) is 18.2 Å². The molecule has 1 aromatic rings. The highest BCUT2D eigenvalue weighted by Crippen LogP contribution is 2.26. The fourth-order valence-corrected chi connectivity index (χ4v) is 2.35. The first-order chi connectivity index (χ1) is 8.08. The standard InChI is InChI=1S/C13H15F2NO/c14-11-5-4-9(7-12(11)15)13(17)8-2-1-3-10(16)6-8/h4-5,7-8,10H,1-3,6,16H2. The van der Waals surface area contributed by atoms with Crippen LogP contribution in [-0.4, -0.2) is 11.8 Å². The van der Waals surface area contributed by atoms with E-state index in [-0.39, 0.29) is 23.3 Å². The summed E-state index contributed by atoms with van der Waals surface area (Å²) in [6, 6.07) is 3.34. The molecule has 0 saturated heterocycles. The number of carbonyl (C=O) groups is 1. The van der Waals surface area contributed by atoms with Crippen LogP contribution in [0.5, 0.6) is 0 Å². The number of carbonyl (C=O) groups excluding carboxylic acids is 1. The number of nitrogens with two attached hydrogens (primary N) is 1. The van der Waals surface area contributed by atoms with Crippen molar-refractivity contribution in [1.82, 2.24) is 0 Å². The molecule has 0 bridgehead atoms. The lowest BCUT2D eigenvalue weighted by molar-refractivity contribution is 0.0881. The number of ketones is 1. The summed E-state index contributed by atoms with van der Waals surface area (Å²) in [5, 5.41) is 0. The molecule has 2 unspecified atom stereocenters. The van der Waals surface area contributed by atoms with Crippen LogP contribution >= 0.6 is 0 Å². The largest absolute Gasteiger partial charge is 0.328 e. The maximum Gasteiger partial charge on any atom is 0.166 e. The van der Waals surface area contributed by atoms with E-state index in [1.165, 1.54) is 6.07 Å². The van der Waals surface area contributed by atoms with Crippen LogP contribution in [-0.2, 0) is 0 Å². The maximum absolute atomic E-state index is 13.0. The first-order valence-electron chi connectivity index (χ1n) is 5.83. The van der Waals surface area contributed by atoms with Gasteiger partial charge in [-0.3, -0.25) is 4.79 Å². The van der Waals surface area contributed by atoms with Crippen LogP contribution in [0.1, 0.15) is 36.0 Å². The zero-order valence-electron chi connectivity index (χ0n) is 9.46. The van der Waals surface area contributed by atoms with E-state index in [9.17, 15) is 13.6 Å². The molecule has 1 saturated carbocycles. The molecule has 0 aromatic heterocycles. The van der Waals surface area contributed by atoms with Crippen molar-refractivity contribution < 1.29 is 13.6 Å². The van der Waals surface area contributed by atoms with Crippen LogP contribution in [0.25, 0.3) is 0 Å². The van der Waals surface area contributed by atoms with E-state index in [2.05, 4.69) is 0 Å². The summed E-state index contributed by atoms with van der Waals surface area (Å²) in [7, 11) is 0. The van der Waals surface area contributed by atoms with Crippen molar-refractivity contribution in [3.05, 3.63) is 35.4 Å². The van der Waals surface area contributed by atoms with E-state index in [4.69, 9.17) is 5.73 Å². The molecule has 1 aliphatic carbocycles. The predicted octanol–water partition coefficient (Wildman–Crippen LogP) is 2.67. The molecule has 1 aliphatic rings. The van der Waals surface area contributed by atoms with E-state index >= 15 is 0 Å². The Kier molecular flexibility index (Phi) is 3.52. The molecule has 0 spiro atoms. The van der Waals surface area contributed by atoms with Crippen molar-refractivity contribution in [3.63, 3.8) is 0 Å². The Morgan fingerprint density at radius 1 is 1.24 bits per heavy atom. The minimum absolute atomic E-state index is 0.0444. The Morgan fingerprint density at radius 3 is 2.65 bits per heavy atom. The van der Waals surface area contributed by atoms with Gasteiger partial charge in [-0.1, -0.05) is 6.42 Å². The highest BCUT2D eigenvalue weighted by Gasteiger charge is 2.26. The van der Waals surface area contributed by atoms with Crippen molar-refractivity contribution in [2.75, 3.05) is 0 Å². The van der Waals surface area contributed by atoms with E-state index < -0.39 is 11.6 Å². The van der Waals surface area contributed by atoms with Crippen molar-refractivity contribution >= 4 is 5.78 Å². The summed E-state index contributed by atoms with van der Waals surface area (Å²) in [6.07, 6.45) is 3.27. The van der Waals surface area contributed by atoms with Gasteiger partial charge in [-0.15, -0.1) is 0 Å². The lowest BCUT2D eigenvalue weighted by Gasteiger charge is -2.25. The third kappa shape index (κ3) is 2.69. The normalized spacial score (nSPS) is 24.6. The fraction of sp³-hybridized carbons (Fsp3) is 0.462.